The Morgan fingerprint density at radius 2 is 1.50 bits per heavy atom. The van der Waals surface area contributed by atoms with E-state index in [1.165, 1.54) is 9.13 Å². The molecule has 0 saturated carbocycles. The monoisotopic (exact) mass is 380 g/mol. The summed E-state index contributed by atoms with van der Waals surface area (Å²) in [5.41, 5.74) is 1.93. The normalized spacial score (nSPS) is 10.8. The molecule has 0 atom stereocenters. The standard InChI is InChI=1S/C21H24N4O3/c1-4-24-17-7-5-6-8-18(17)25(21(28)20(24)27)14-19(26)22-13-15-9-11-16(12-10-15)23(2)3/h5-12H,4,13-14H2,1-3H3,(H,22,26). The van der Waals surface area contributed by atoms with Gasteiger partial charge in [-0.2, -0.15) is 0 Å². The van der Waals surface area contributed by atoms with Gasteiger partial charge in [-0.15, -0.1) is 0 Å². The number of anilines is 1. The second-order valence-corrected chi connectivity index (χ2v) is 6.77. The van der Waals surface area contributed by atoms with Gasteiger partial charge in [0.1, 0.15) is 6.54 Å². The average Bonchev–Trinajstić information content (AvgIpc) is 2.70. The second kappa shape index (κ2) is 8.12. The molecule has 7 heteroatoms. The zero-order valence-corrected chi connectivity index (χ0v) is 16.3. The molecule has 28 heavy (non-hydrogen) atoms. The van der Waals surface area contributed by atoms with Crippen LogP contribution in [0.3, 0.4) is 0 Å². The summed E-state index contributed by atoms with van der Waals surface area (Å²) < 4.78 is 2.67. The van der Waals surface area contributed by atoms with Crippen LogP contribution < -0.4 is 21.3 Å². The highest BCUT2D eigenvalue weighted by atomic mass is 16.2. The number of aromatic nitrogens is 2. The van der Waals surface area contributed by atoms with E-state index in [4.69, 9.17) is 0 Å². The van der Waals surface area contributed by atoms with E-state index >= 15 is 0 Å². The van der Waals surface area contributed by atoms with Gasteiger partial charge in [0.2, 0.25) is 5.91 Å². The second-order valence-electron chi connectivity index (χ2n) is 6.77. The molecule has 3 aromatic rings. The molecule has 0 bridgehead atoms. The lowest BCUT2D eigenvalue weighted by Gasteiger charge is -2.14. The number of nitrogens with one attached hydrogen (secondary N) is 1. The summed E-state index contributed by atoms with van der Waals surface area (Å²) >= 11 is 0. The highest BCUT2D eigenvalue weighted by Crippen LogP contribution is 2.12. The number of para-hydroxylation sites is 2. The Hall–Kier alpha value is -3.35. The molecule has 0 spiro atoms. The Morgan fingerprint density at radius 1 is 0.929 bits per heavy atom. The van der Waals surface area contributed by atoms with E-state index in [9.17, 15) is 14.4 Å². The first-order valence-corrected chi connectivity index (χ1v) is 9.17. The summed E-state index contributed by atoms with van der Waals surface area (Å²) in [5.74, 6) is -0.322. The Balaban J connectivity index is 1.81. The molecular weight excluding hydrogens is 356 g/mol. The fourth-order valence-electron chi connectivity index (χ4n) is 3.15. The molecule has 3 rings (SSSR count). The van der Waals surface area contributed by atoms with Crippen LogP contribution in [0.1, 0.15) is 12.5 Å². The van der Waals surface area contributed by atoms with Gasteiger partial charge in [0.15, 0.2) is 0 Å². The number of hydrogen-bond acceptors (Lipinski definition) is 4. The van der Waals surface area contributed by atoms with E-state index in [0.717, 1.165) is 11.3 Å². The minimum atomic E-state index is -0.689. The van der Waals surface area contributed by atoms with Crippen molar-refractivity contribution >= 4 is 22.6 Å². The fourth-order valence-corrected chi connectivity index (χ4v) is 3.15. The van der Waals surface area contributed by atoms with E-state index in [2.05, 4.69) is 5.32 Å². The number of carbonyl (C=O) groups excluding carboxylic acids is 1. The van der Waals surface area contributed by atoms with Crippen molar-refractivity contribution in [3.8, 4) is 0 Å². The summed E-state index contributed by atoms with van der Waals surface area (Å²) in [4.78, 5) is 39.3. The van der Waals surface area contributed by atoms with E-state index in [-0.39, 0.29) is 12.5 Å². The third-order valence-corrected chi connectivity index (χ3v) is 4.70. The molecule has 7 nitrogen and oxygen atoms in total. The maximum Gasteiger partial charge on any atom is 0.317 e. The third kappa shape index (κ3) is 3.83. The van der Waals surface area contributed by atoms with Gasteiger partial charge < -0.3 is 14.8 Å². The van der Waals surface area contributed by atoms with Gasteiger partial charge in [0, 0.05) is 32.9 Å². The van der Waals surface area contributed by atoms with E-state index in [1.54, 1.807) is 24.3 Å². The first-order valence-electron chi connectivity index (χ1n) is 9.17. The number of rotatable bonds is 6. The zero-order chi connectivity index (χ0) is 20.3. The maximum atomic E-state index is 12.5. The summed E-state index contributed by atoms with van der Waals surface area (Å²) in [5, 5.41) is 2.82. The van der Waals surface area contributed by atoms with Gasteiger partial charge >= 0.3 is 11.1 Å². The lowest BCUT2D eigenvalue weighted by atomic mass is 10.2. The van der Waals surface area contributed by atoms with Crippen LogP contribution in [-0.2, 0) is 24.4 Å². The molecule has 0 aliphatic carbocycles. The first kappa shape index (κ1) is 19.4. The molecule has 1 N–H and O–H groups in total. The number of carbonyl (C=O) groups is 1. The third-order valence-electron chi connectivity index (χ3n) is 4.70. The van der Waals surface area contributed by atoms with Crippen molar-refractivity contribution in [2.45, 2.75) is 26.6 Å². The lowest BCUT2D eigenvalue weighted by Crippen LogP contribution is -2.43. The Morgan fingerprint density at radius 3 is 2.07 bits per heavy atom. The van der Waals surface area contributed by atoms with Crippen LogP contribution in [0.2, 0.25) is 0 Å². The molecule has 2 aromatic carbocycles. The maximum absolute atomic E-state index is 12.5. The number of fused-ring (bicyclic) bond motifs is 1. The highest BCUT2D eigenvalue weighted by molar-refractivity contribution is 5.80. The molecule has 0 aliphatic heterocycles. The van der Waals surface area contributed by atoms with Gasteiger partial charge in [-0.1, -0.05) is 24.3 Å². The Labute approximate surface area is 162 Å². The predicted molar refractivity (Wildman–Crippen MR) is 111 cm³/mol. The van der Waals surface area contributed by atoms with Crippen LogP contribution >= 0.6 is 0 Å². The SMILES string of the molecule is CCn1c(=O)c(=O)n(CC(=O)NCc2ccc(N(C)C)cc2)c2ccccc21. The van der Waals surface area contributed by atoms with Crippen molar-refractivity contribution in [2.75, 3.05) is 19.0 Å². The predicted octanol–water partition coefficient (Wildman–Crippen LogP) is 1.57. The summed E-state index contributed by atoms with van der Waals surface area (Å²) in [7, 11) is 3.93. The number of amides is 1. The molecule has 0 fully saturated rings. The van der Waals surface area contributed by atoms with E-state index in [0.29, 0.717) is 24.1 Å². The first-order chi connectivity index (χ1) is 13.4. The van der Waals surface area contributed by atoms with Gasteiger partial charge in [0.05, 0.1) is 11.0 Å². The summed E-state index contributed by atoms with van der Waals surface area (Å²) in [6, 6.07) is 15.0. The van der Waals surface area contributed by atoms with Crippen LogP contribution in [0.25, 0.3) is 11.0 Å². The molecule has 0 unspecified atom stereocenters. The van der Waals surface area contributed by atoms with Crippen molar-refractivity contribution < 1.29 is 4.79 Å². The van der Waals surface area contributed by atoms with Crippen LogP contribution in [-0.4, -0.2) is 29.1 Å². The van der Waals surface area contributed by atoms with Crippen LogP contribution in [0.4, 0.5) is 5.69 Å². The fraction of sp³-hybridized carbons (Fsp3) is 0.286. The molecule has 1 amide bonds. The van der Waals surface area contributed by atoms with Crippen molar-refractivity contribution in [1.29, 1.82) is 0 Å². The largest absolute Gasteiger partial charge is 0.378 e. The van der Waals surface area contributed by atoms with Crippen molar-refractivity contribution in [3.63, 3.8) is 0 Å². The number of aryl methyl sites for hydroxylation is 1. The molecule has 0 aliphatic rings. The van der Waals surface area contributed by atoms with Crippen molar-refractivity contribution in [2.24, 2.45) is 0 Å². The number of nitrogens with zero attached hydrogens (tertiary/aromatic N) is 3. The number of hydrogen-bond donors (Lipinski definition) is 1. The zero-order valence-electron chi connectivity index (χ0n) is 16.3. The Bertz CT molecular complexity index is 1110. The topological polar surface area (TPSA) is 76.3 Å². The van der Waals surface area contributed by atoms with Gasteiger partial charge in [-0.25, -0.2) is 0 Å². The molecule has 1 heterocycles. The quantitative estimate of drug-likeness (QED) is 0.659. The van der Waals surface area contributed by atoms with Gasteiger partial charge in [0.25, 0.3) is 0 Å². The number of benzene rings is 2. The van der Waals surface area contributed by atoms with Crippen LogP contribution in [0.15, 0.2) is 58.1 Å². The molecule has 0 radical (unpaired) electrons. The van der Waals surface area contributed by atoms with Gasteiger partial charge in [-0.05, 0) is 36.8 Å². The average molecular weight is 380 g/mol. The summed E-state index contributed by atoms with van der Waals surface area (Å²) in [6.07, 6.45) is 0. The van der Waals surface area contributed by atoms with Crippen molar-refractivity contribution in [3.05, 3.63) is 74.8 Å². The van der Waals surface area contributed by atoms with Crippen LogP contribution in [0, 0.1) is 0 Å². The molecule has 1 aromatic heterocycles. The van der Waals surface area contributed by atoms with E-state index in [1.807, 2.05) is 50.2 Å². The minimum Gasteiger partial charge on any atom is -0.378 e. The molecule has 0 saturated heterocycles. The highest BCUT2D eigenvalue weighted by Gasteiger charge is 2.14. The molecule has 146 valence electrons. The molecular formula is C21H24N4O3. The Kier molecular flexibility index (Phi) is 5.63. The van der Waals surface area contributed by atoms with Crippen molar-refractivity contribution in [1.82, 2.24) is 14.5 Å². The lowest BCUT2D eigenvalue weighted by molar-refractivity contribution is -0.121. The van der Waals surface area contributed by atoms with Gasteiger partial charge in [-0.3, -0.25) is 19.0 Å². The van der Waals surface area contributed by atoms with Crippen LogP contribution in [0.5, 0.6) is 0 Å². The van der Waals surface area contributed by atoms with E-state index < -0.39 is 11.1 Å². The minimum absolute atomic E-state index is 0.199. The smallest absolute Gasteiger partial charge is 0.317 e. The summed E-state index contributed by atoms with van der Waals surface area (Å²) in [6.45, 7) is 2.36.